The first-order chi connectivity index (χ1) is 10.2. The van der Waals surface area contributed by atoms with Crippen molar-refractivity contribution in [3.05, 3.63) is 35.7 Å². The van der Waals surface area contributed by atoms with E-state index in [4.69, 9.17) is 4.74 Å². The Hall–Kier alpha value is -1.11. The van der Waals surface area contributed by atoms with Gasteiger partial charge in [0.15, 0.2) is 4.34 Å². The Labute approximate surface area is 134 Å². The highest BCUT2D eigenvalue weighted by Gasteiger charge is 2.10. The molecule has 2 rings (SSSR count). The highest BCUT2D eigenvalue weighted by molar-refractivity contribution is 8.00. The van der Waals surface area contributed by atoms with E-state index in [2.05, 4.69) is 46.7 Å². The van der Waals surface area contributed by atoms with Crippen LogP contribution in [-0.2, 0) is 5.75 Å². The second kappa shape index (κ2) is 8.36. The van der Waals surface area contributed by atoms with Crippen LogP contribution in [0.4, 0.5) is 0 Å². The molecular formula is C15H21N3OS2. The Morgan fingerprint density at radius 2 is 2.24 bits per heavy atom. The van der Waals surface area contributed by atoms with E-state index >= 15 is 0 Å². The summed E-state index contributed by atoms with van der Waals surface area (Å²) in [5, 5.41) is 3.44. The molecule has 0 spiro atoms. The first-order valence-electron chi connectivity index (χ1n) is 7.13. The molecule has 4 nitrogen and oxygen atoms in total. The minimum absolute atomic E-state index is 0.343. The molecule has 0 aliphatic heterocycles. The standard InChI is InChI=1S/C15H21N3OS2/c1-4-16-11(3)12-6-7-14(19-5-2)13(8-12)9-20-15-17-10-18-21-15/h6-8,10-11,16H,4-5,9H2,1-3H3. The van der Waals surface area contributed by atoms with Gasteiger partial charge in [-0.25, -0.2) is 4.98 Å². The normalized spacial score (nSPS) is 12.3. The summed E-state index contributed by atoms with van der Waals surface area (Å²) in [7, 11) is 0. The van der Waals surface area contributed by atoms with Crippen LogP contribution >= 0.6 is 23.3 Å². The molecule has 1 N–H and O–H groups in total. The topological polar surface area (TPSA) is 47.0 Å². The maximum absolute atomic E-state index is 5.74. The lowest BCUT2D eigenvalue weighted by molar-refractivity contribution is 0.337. The van der Waals surface area contributed by atoms with Crippen molar-refractivity contribution in [3.8, 4) is 5.75 Å². The first-order valence-corrected chi connectivity index (χ1v) is 8.89. The lowest BCUT2D eigenvalue weighted by Crippen LogP contribution is -2.17. The molecule has 1 aromatic carbocycles. The lowest BCUT2D eigenvalue weighted by atomic mass is 10.0. The predicted octanol–water partition coefficient (Wildman–Crippen LogP) is 3.90. The molecule has 1 aromatic heterocycles. The number of nitrogens with one attached hydrogen (secondary N) is 1. The monoisotopic (exact) mass is 323 g/mol. The minimum atomic E-state index is 0.343. The van der Waals surface area contributed by atoms with E-state index in [0.717, 1.165) is 22.4 Å². The van der Waals surface area contributed by atoms with Gasteiger partial charge in [0.2, 0.25) is 0 Å². The van der Waals surface area contributed by atoms with Gasteiger partial charge in [0.25, 0.3) is 0 Å². The molecule has 0 saturated carbocycles. The zero-order chi connectivity index (χ0) is 15.1. The second-order valence-corrected chi connectivity index (χ2v) is 6.58. The van der Waals surface area contributed by atoms with Crippen LogP contribution in [0.5, 0.6) is 5.75 Å². The number of thioether (sulfide) groups is 1. The third-order valence-corrected chi connectivity index (χ3v) is 4.93. The Kier molecular flexibility index (Phi) is 6.48. The van der Waals surface area contributed by atoms with Crippen molar-refractivity contribution in [2.45, 2.75) is 36.9 Å². The average molecular weight is 323 g/mol. The number of nitrogens with zero attached hydrogens (tertiary/aromatic N) is 2. The molecule has 0 saturated heterocycles. The van der Waals surface area contributed by atoms with Crippen molar-refractivity contribution < 1.29 is 4.74 Å². The van der Waals surface area contributed by atoms with Gasteiger partial charge in [0.05, 0.1) is 6.61 Å². The second-order valence-electron chi connectivity index (χ2n) is 4.58. The Morgan fingerprint density at radius 3 is 2.90 bits per heavy atom. The van der Waals surface area contributed by atoms with Gasteiger partial charge in [0, 0.05) is 17.4 Å². The fourth-order valence-corrected chi connectivity index (χ4v) is 3.49. The van der Waals surface area contributed by atoms with E-state index in [1.807, 2.05) is 6.92 Å². The van der Waals surface area contributed by atoms with Gasteiger partial charge in [0.1, 0.15) is 12.1 Å². The van der Waals surface area contributed by atoms with Crippen LogP contribution in [0.25, 0.3) is 0 Å². The number of benzene rings is 1. The molecule has 0 aliphatic rings. The van der Waals surface area contributed by atoms with Gasteiger partial charge >= 0.3 is 0 Å². The third kappa shape index (κ3) is 4.69. The van der Waals surface area contributed by atoms with E-state index in [0.29, 0.717) is 12.6 Å². The van der Waals surface area contributed by atoms with Gasteiger partial charge in [-0.15, -0.1) is 0 Å². The predicted molar refractivity (Wildman–Crippen MR) is 89.2 cm³/mol. The van der Waals surface area contributed by atoms with Gasteiger partial charge < -0.3 is 10.1 Å². The highest BCUT2D eigenvalue weighted by Crippen LogP contribution is 2.30. The number of hydrogen-bond donors (Lipinski definition) is 1. The van der Waals surface area contributed by atoms with Crippen LogP contribution in [0, 0.1) is 0 Å². The van der Waals surface area contributed by atoms with Crippen LogP contribution < -0.4 is 10.1 Å². The van der Waals surface area contributed by atoms with Crippen LogP contribution in [0.2, 0.25) is 0 Å². The SMILES string of the molecule is CCNC(C)c1ccc(OCC)c(CSc2ncns2)c1. The summed E-state index contributed by atoms with van der Waals surface area (Å²) in [6.45, 7) is 7.96. The summed E-state index contributed by atoms with van der Waals surface area (Å²) >= 11 is 3.13. The molecule has 21 heavy (non-hydrogen) atoms. The minimum Gasteiger partial charge on any atom is -0.494 e. The van der Waals surface area contributed by atoms with E-state index in [1.165, 1.54) is 22.7 Å². The number of hydrogen-bond acceptors (Lipinski definition) is 6. The molecule has 1 heterocycles. The Bertz CT molecular complexity index is 546. The van der Waals surface area contributed by atoms with E-state index < -0.39 is 0 Å². The van der Waals surface area contributed by atoms with Gasteiger partial charge in [-0.3, -0.25) is 0 Å². The van der Waals surface area contributed by atoms with Crippen molar-refractivity contribution in [3.63, 3.8) is 0 Å². The largest absolute Gasteiger partial charge is 0.494 e. The van der Waals surface area contributed by atoms with Crippen LogP contribution in [0.1, 0.15) is 37.9 Å². The van der Waals surface area contributed by atoms with E-state index in [1.54, 1.807) is 18.1 Å². The molecule has 0 amide bonds. The van der Waals surface area contributed by atoms with Crippen molar-refractivity contribution in [2.24, 2.45) is 0 Å². The number of rotatable bonds is 8. The summed E-state index contributed by atoms with van der Waals surface area (Å²) in [6, 6.07) is 6.78. The molecule has 1 atom stereocenters. The average Bonchev–Trinajstić information content (AvgIpc) is 3.00. The summed E-state index contributed by atoms with van der Waals surface area (Å²) in [5.41, 5.74) is 2.49. The molecule has 0 fully saturated rings. The van der Waals surface area contributed by atoms with Crippen LogP contribution in [0.3, 0.4) is 0 Å². The molecule has 2 aromatic rings. The van der Waals surface area contributed by atoms with Gasteiger partial charge in [-0.1, -0.05) is 24.8 Å². The fraction of sp³-hybridized carbons (Fsp3) is 0.467. The molecule has 1 unspecified atom stereocenters. The smallest absolute Gasteiger partial charge is 0.170 e. The Balaban J connectivity index is 2.15. The highest BCUT2D eigenvalue weighted by atomic mass is 32.2. The molecule has 0 radical (unpaired) electrons. The molecule has 114 valence electrons. The Morgan fingerprint density at radius 1 is 1.38 bits per heavy atom. The summed E-state index contributed by atoms with van der Waals surface area (Å²) < 4.78 is 10.8. The molecular weight excluding hydrogens is 302 g/mol. The lowest BCUT2D eigenvalue weighted by Gasteiger charge is -2.16. The maximum atomic E-state index is 5.74. The van der Waals surface area contributed by atoms with E-state index in [-0.39, 0.29) is 0 Å². The number of aromatic nitrogens is 2. The van der Waals surface area contributed by atoms with Gasteiger partial charge in [-0.2, -0.15) is 4.37 Å². The van der Waals surface area contributed by atoms with Crippen LogP contribution in [0.15, 0.2) is 28.9 Å². The van der Waals surface area contributed by atoms with E-state index in [9.17, 15) is 0 Å². The van der Waals surface area contributed by atoms with Gasteiger partial charge in [-0.05, 0) is 49.6 Å². The van der Waals surface area contributed by atoms with Crippen molar-refractivity contribution in [1.29, 1.82) is 0 Å². The number of ether oxygens (including phenoxy) is 1. The molecule has 0 aliphatic carbocycles. The summed E-state index contributed by atoms with van der Waals surface area (Å²) in [5.74, 6) is 1.80. The third-order valence-electron chi connectivity index (χ3n) is 3.09. The quantitative estimate of drug-likeness (QED) is 0.747. The molecule has 0 bridgehead atoms. The zero-order valence-electron chi connectivity index (χ0n) is 12.6. The van der Waals surface area contributed by atoms with Crippen molar-refractivity contribution in [2.75, 3.05) is 13.2 Å². The maximum Gasteiger partial charge on any atom is 0.170 e. The van der Waals surface area contributed by atoms with Crippen LogP contribution in [-0.4, -0.2) is 22.5 Å². The fourth-order valence-electron chi connectivity index (χ4n) is 2.07. The zero-order valence-corrected chi connectivity index (χ0v) is 14.3. The summed E-state index contributed by atoms with van der Waals surface area (Å²) in [6.07, 6.45) is 1.60. The first kappa shape index (κ1) is 16.3. The molecule has 6 heteroatoms. The summed E-state index contributed by atoms with van der Waals surface area (Å²) in [4.78, 5) is 4.21. The van der Waals surface area contributed by atoms with Crippen molar-refractivity contribution in [1.82, 2.24) is 14.7 Å². The van der Waals surface area contributed by atoms with Crippen molar-refractivity contribution >= 4 is 23.3 Å².